The number of nitrogens with zero attached hydrogens (tertiary/aromatic N) is 5. The van der Waals surface area contributed by atoms with Gasteiger partial charge in [-0.25, -0.2) is 13.4 Å². The summed E-state index contributed by atoms with van der Waals surface area (Å²) < 4.78 is 43.2. The first-order chi connectivity index (χ1) is 23.6. The third kappa shape index (κ3) is 9.20. The number of sulfone groups is 1. The predicted octanol–water partition coefficient (Wildman–Crippen LogP) is 6.10. The number of piperidine rings is 1. The van der Waals surface area contributed by atoms with E-state index in [1.165, 1.54) is 17.5 Å². The van der Waals surface area contributed by atoms with Crippen LogP contribution in [0.5, 0.6) is 5.75 Å². The van der Waals surface area contributed by atoms with E-state index in [9.17, 15) is 13.0 Å². The molecule has 5 rings (SSSR count). The van der Waals surface area contributed by atoms with Gasteiger partial charge in [-0.15, -0.1) is 0 Å². The van der Waals surface area contributed by atoms with Crippen molar-refractivity contribution in [2.45, 2.75) is 53.0 Å². The van der Waals surface area contributed by atoms with E-state index in [4.69, 9.17) is 9.72 Å². The Kier molecular flexibility index (Phi) is 12.3. The number of rotatable bonds is 12. The lowest BCUT2D eigenvalue weighted by Crippen LogP contribution is -2.53. The highest BCUT2D eigenvalue weighted by Gasteiger charge is 2.29. The molecule has 1 aromatic heterocycles. The summed E-state index contributed by atoms with van der Waals surface area (Å²) >= 11 is 3.62. The highest BCUT2D eigenvalue weighted by molar-refractivity contribution is 9.10. The number of aryl methyl sites for hydroxylation is 3. The molecule has 2 N–H and O–H groups in total. The van der Waals surface area contributed by atoms with Crippen LogP contribution in [0.4, 0.5) is 28.8 Å². The molecule has 14 heteroatoms. The Bertz CT molecular complexity index is 1850. The van der Waals surface area contributed by atoms with Gasteiger partial charge in [-0.05, 0) is 97.6 Å². The number of benzene rings is 2. The smallest absolute Gasteiger partial charge is 0.229 e. The van der Waals surface area contributed by atoms with E-state index in [-0.39, 0.29) is 5.75 Å². The summed E-state index contributed by atoms with van der Waals surface area (Å²) in [5.41, 5.74) is 7.17. The van der Waals surface area contributed by atoms with Gasteiger partial charge in [-0.1, -0.05) is 13.0 Å². The van der Waals surface area contributed by atoms with E-state index in [0.717, 1.165) is 97.7 Å². The molecule has 3 aromatic rings. The molecule has 3 heterocycles. The number of methoxy groups -OCH3 is 1. The minimum absolute atomic E-state index is 0.231. The number of anilines is 5. The fraction of sp³-hybridized carbons (Fsp3) is 0.556. The van der Waals surface area contributed by atoms with Crippen molar-refractivity contribution < 1.29 is 17.7 Å². The van der Waals surface area contributed by atoms with Crippen LogP contribution in [0.3, 0.4) is 0 Å². The lowest BCUT2D eigenvalue weighted by molar-refractivity contribution is 0.0882. The maximum absolute atomic E-state index is 13.4. The van der Waals surface area contributed by atoms with Crippen LogP contribution in [0.1, 0.15) is 42.0 Å². The number of hydrogen-bond acceptors (Lipinski definition) is 11. The molecule has 0 bridgehead atoms. The molecule has 2 aliphatic heterocycles. The summed E-state index contributed by atoms with van der Waals surface area (Å²) in [6.45, 7) is 18.3. The molecule has 0 radical (unpaired) electrons. The third-order valence-corrected chi connectivity index (χ3v) is 13.2. The fourth-order valence-electron chi connectivity index (χ4n) is 7.23. The normalized spacial score (nSPS) is 16.9. The third-order valence-electron chi connectivity index (χ3n) is 10.1. The summed E-state index contributed by atoms with van der Waals surface area (Å²) in [6.07, 6.45) is 6.07. The number of nitrogens with one attached hydrogen (secondary N) is 2. The van der Waals surface area contributed by atoms with Gasteiger partial charge in [0.25, 0.3) is 0 Å². The summed E-state index contributed by atoms with van der Waals surface area (Å²) in [6, 6.07) is 6.92. The number of ether oxygens (including phenoxy) is 1. The van der Waals surface area contributed by atoms with Crippen molar-refractivity contribution in [1.82, 2.24) is 19.8 Å². The molecule has 2 aromatic carbocycles. The van der Waals surface area contributed by atoms with Crippen molar-refractivity contribution in [1.29, 1.82) is 0 Å². The molecule has 0 atom stereocenters. The molecule has 0 amide bonds. The minimum Gasteiger partial charge on any atom is -0.494 e. The second-order valence-corrected chi connectivity index (χ2v) is 20.4. The molecule has 274 valence electrons. The standard InChI is InChI=1S/C36H53BrN7O4PS/c1-9-27-21-30(39-36-38-23-29(37)35(41-36)40-33-25(3)20-24(2)26(4)34(33)49(6,7)45)32(48-5)22-31(27)44-12-10-28(11-13-44)43-16-14-42(15-17-43)18-19-50(8,46)47/h20-23,28H,9-19H2,1-8H3,(H2,38,39,40,41). The SMILES string of the molecule is CCc1cc(Nc2ncc(Br)c(Nc3c(C)cc(C)c(C)c3P(C)(C)=O)n2)c(OC)cc1N1CCC(N2CCN(CCS(C)(=O)=O)CC2)CC1. The van der Waals surface area contributed by atoms with Crippen LogP contribution in [0.2, 0.25) is 0 Å². The zero-order valence-corrected chi connectivity index (χ0v) is 34.1. The topological polar surface area (TPSA) is 120 Å². The Morgan fingerprint density at radius 1 is 1.00 bits per heavy atom. The summed E-state index contributed by atoms with van der Waals surface area (Å²) in [7, 11) is -3.85. The molecule has 0 unspecified atom stereocenters. The van der Waals surface area contributed by atoms with Gasteiger partial charge in [-0.3, -0.25) is 9.80 Å². The van der Waals surface area contributed by atoms with Crippen molar-refractivity contribution in [3.8, 4) is 5.75 Å². The van der Waals surface area contributed by atoms with E-state index in [1.807, 2.05) is 13.8 Å². The first kappa shape index (κ1) is 38.5. The number of aromatic nitrogens is 2. The summed E-state index contributed by atoms with van der Waals surface area (Å²) in [5, 5.41) is 7.73. The van der Waals surface area contributed by atoms with Crippen LogP contribution in [0, 0.1) is 20.8 Å². The van der Waals surface area contributed by atoms with Crippen LogP contribution in [-0.2, 0) is 20.8 Å². The predicted molar refractivity (Wildman–Crippen MR) is 211 cm³/mol. The van der Waals surface area contributed by atoms with Crippen LogP contribution < -0.4 is 25.6 Å². The Morgan fingerprint density at radius 2 is 1.68 bits per heavy atom. The van der Waals surface area contributed by atoms with E-state index in [2.05, 4.69) is 78.3 Å². The van der Waals surface area contributed by atoms with E-state index in [0.29, 0.717) is 28.8 Å². The first-order valence-corrected chi connectivity index (χ1v) is 22.9. The van der Waals surface area contributed by atoms with E-state index >= 15 is 0 Å². The second kappa shape index (κ2) is 15.9. The molecular formula is C36H53BrN7O4PS. The zero-order valence-electron chi connectivity index (χ0n) is 30.8. The van der Waals surface area contributed by atoms with Gasteiger partial charge >= 0.3 is 0 Å². The van der Waals surface area contributed by atoms with E-state index < -0.39 is 17.0 Å². The van der Waals surface area contributed by atoms with Crippen LogP contribution in [0.15, 0.2) is 28.9 Å². The lowest BCUT2D eigenvalue weighted by Gasteiger charge is -2.43. The molecule has 0 saturated carbocycles. The fourth-order valence-corrected chi connectivity index (χ4v) is 9.86. The van der Waals surface area contributed by atoms with Gasteiger partial charge in [0.1, 0.15) is 28.5 Å². The van der Waals surface area contributed by atoms with Crippen LogP contribution >= 0.6 is 23.1 Å². The van der Waals surface area contributed by atoms with Gasteiger partial charge in [0.05, 0.1) is 28.7 Å². The lowest BCUT2D eigenvalue weighted by atomic mass is 9.99. The Balaban J connectivity index is 1.29. The molecule has 11 nitrogen and oxygen atoms in total. The average molecular weight is 791 g/mol. The monoisotopic (exact) mass is 789 g/mol. The maximum atomic E-state index is 13.4. The van der Waals surface area contributed by atoms with Crippen LogP contribution in [-0.4, -0.2) is 112 Å². The molecule has 50 heavy (non-hydrogen) atoms. The minimum atomic E-state index is -2.94. The largest absolute Gasteiger partial charge is 0.494 e. The quantitative estimate of drug-likeness (QED) is 0.207. The summed E-state index contributed by atoms with van der Waals surface area (Å²) in [4.78, 5) is 16.7. The Morgan fingerprint density at radius 3 is 2.28 bits per heavy atom. The molecule has 2 saturated heterocycles. The van der Waals surface area contributed by atoms with Crippen molar-refractivity contribution in [3.63, 3.8) is 0 Å². The summed E-state index contributed by atoms with van der Waals surface area (Å²) in [5.74, 6) is 1.94. The van der Waals surface area contributed by atoms with Crippen molar-refractivity contribution >= 4 is 67.0 Å². The first-order valence-electron chi connectivity index (χ1n) is 17.4. The maximum Gasteiger partial charge on any atom is 0.229 e. The number of piperazine rings is 1. The van der Waals surface area contributed by atoms with Crippen molar-refractivity contribution in [2.75, 3.05) is 93.8 Å². The van der Waals surface area contributed by atoms with E-state index in [1.54, 1.807) is 26.6 Å². The Hall–Kier alpha value is -2.70. The highest BCUT2D eigenvalue weighted by atomic mass is 79.9. The second-order valence-electron chi connectivity index (χ2n) is 14.1. The molecule has 0 aliphatic carbocycles. The molecule has 2 fully saturated rings. The number of halogens is 1. The Labute approximate surface area is 307 Å². The average Bonchev–Trinajstić information content (AvgIpc) is 3.07. The molecule has 0 spiro atoms. The van der Waals surface area contributed by atoms with Crippen molar-refractivity contribution in [3.05, 3.63) is 51.1 Å². The van der Waals surface area contributed by atoms with Gasteiger partial charge in [0, 0.05) is 81.4 Å². The highest BCUT2D eigenvalue weighted by Crippen LogP contribution is 2.43. The molecular weight excluding hydrogens is 737 g/mol. The van der Waals surface area contributed by atoms with Gasteiger partial charge < -0.3 is 24.8 Å². The molecule has 2 aliphatic rings. The van der Waals surface area contributed by atoms with Crippen LogP contribution in [0.25, 0.3) is 0 Å². The number of hydrogen-bond donors (Lipinski definition) is 2. The zero-order chi connectivity index (χ0) is 36.4. The van der Waals surface area contributed by atoms with Gasteiger partial charge in [0.15, 0.2) is 0 Å². The van der Waals surface area contributed by atoms with Gasteiger partial charge in [-0.2, -0.15) is 4.98 Å². The van der Waals surface area contributed by atoms with Gasteiger partial charge in [0.2, 0.25) is 5.95 Å². The van der Waals surface area contributed by atoms with Crippen molar-refractivity contribution in [2.24, 2.45) is 0 Å².